The molecule has 5 rings (SSSR count). The second-order valence-electron chi connectivity index (χ2n) is 8.84. The SMILES string of the molecule is COc1ccc(N2C(=S)NC(c3ccccn3)C2c2cccn2C2CCCC2)cc1NC(C)=O. The summed E-state index contributed by atoms with van der Waals surface area (Å²) in [4.78, 5) is 18.6. The minimum atomic E-state index is -0.157. The molecule has 0 bridgehead atoms. The lowest BCUT2D eigenvalue weighted by Crippen LogP contribution is -2.30. The molecule has 34 heavy (non-hydrogen) atoms. The van der Waals surface area contributed by atoms with Crippen molar-refractivity contribution in [1.82, 2.24) is 14.9 Å². The molecule has 1 amide bonds. The van der Waals surface area contributed by atoms with Crippen molar-refractivity contribution in [1.29, 1.82) is 0 Å². The molecule has 1 aromatic carbocycles. The molecule has 0 radical (unpaired) electrons. The van der Waals surface area contributed by atoms with Gasteiger partial charge in [-0.15, -0.1) is 0 Å². The van der Waals surface area contributed by atoms with E-state index in [4.69, 9.17) is 17.0 Å². The molecule has 1 aliphatic heterocycles. The Morgan fingerprint density at radius 3 is 2.71 bits per heavy atom. The van der Waals surface area contributed by atoms with Crippen molar-refractivity contribution in [2.45, 2.75) is 50.7 Å². The average Bonchev–Trinajstić information content (AvgIpc) is 3.58. The van der Waals surface area contributed by atoms with Crippen LogP contribution in [0.4, 0.5) is 11.4 Å². The maximum Gasteiger partial charge on any atom is 0.221 e. The van der Waals surface area contributed by atoms with Gasteiger partial charge in [0, 0.05) is 36.7 Å². The fourth-order valence-electron chi connectivity index (χ4n) is 5.24. The number of hydrogen-bond donors (Lipinski definition) is 2. The molecular formula is C26H29N5O2S. The van der Waals surface area contributed by atoms with Crippen LogP contribution in [0.5, 0.6) is 5.75 Å². The Hall–Kier alpha value is -3.39. The highest BCUT2D eigenvalue weighted by Gasteiger charge is 2.42. The number of anilines is 2. The van der Waals surface area contributed by atoms with Crippen LogP contribution in [-0.4, -0.2) is 27.7 Å². The Morgan fingerprint density at radius 2 is 2.00 bits per heavy atom. The van der Waals surface area contributed by atoms with E-state index in [9.17, 15) is 4.79 Å². The first-order valence-electron chi connectivity index (χ1n) is 11.7. The Bertz CT molecular complexity index is 1190. The number of aromatic nitrogens is 2. The standard InChI is InChI=1S/C26H29N5O2S/c1-17(32)28-21-16-19(12-13-23(21)33-2)31-25(22-11-7-15-30(22)18-8-3-4-9-18)24(29-26(31)34)20-10-5-6-14-27-20/h5-7,10-16,18,24-25H,3-4,8-9H2,1-2H3,(H,28,32)(H,29,34). The van der Waals surface area contributed by atoms with Crippen LogP contribution in [0.2, 0.25) is 0 Å². The van der Waals surface area contributed by atoms with Crippen molar-refractivity contribution < 1.29 is 9.53 Å². The Morgan fingerprint density at radius 1 is 1.18 bits per heavy atom. The van der Waals surface area contributed by atoms with E-state index >= 15 is 0 Å². The molecule has 3 heterocycles. The summed E-state index contributed by atoms with van der Waals surface area (Å²) in [5.41, 5.74) is 3.63. The molecule has 1 saturated heterocycles. The van der Waals surface area contributed by atoms with E-state index < -0.39 is 0 Å². The van der Waals surface area contributed by atoms with E-state index in [1.807, 2.05) is 42.6 Å². The van der Waals surface area contributed by atoms with Gasteiger partial charge in [-0.2, -0.15) is 0 Å². The molecule has 2 fully saturated rings. The van der Waals surface area contributed by atoms with Crippen LogP contribution in [0.3, 0.4) is 0 Å². The number of nitrogens with one attached hydrogen (secondary N) is 2. The van der Waals surface area contributed by atoms with Crippen LogP contribution < -0.4 is 20.3 Å². The maximum atomic E-state index is 11.8. The van der Waals surface area contributed by atoms with Gasteiger partial charge in [-0.25, -0.2) is 0 Å². The first kappa shape index (κ1) is 22.4. The fourth-order valence-corrected chi connectivity index (χ4v) is 5.59. The van der Waals surface area contributed by atoms with Crippen molar-refractivity contribution >= 4 is 34.6 Å². The van der Waals surface area contributed by atoms with Crippen molar-refractivity contribution in [2.75, 3.05) is 17.3 Å². The minimum Gasteiger partial charge on any atom is -0.495 e. The number of nitrogens with zero attached hydrogens (tertiary/aromatic N) is 3. The van der Waals surface area contributed by atoms with E-state index in [1.54, 1.807) is 7.11 Å². The van der Waals surface area contributed by atoms with Gasteiger partial charge >= 0.3 is 0 Å². The highest BCUT2D eigenvalue weighted by atomic mass is 32.1. The smallest absolute Gasteiger partial charge is 0.221 e. The number of carbonyl (C=O) groups excluding carboxylic acids is 1. The van der Waals surface area contributed by atoms with Crippen LogP contribution in [-0.2, 0) is 4.79 Å². The van der Waals surface area contributed by atoms with Gasteiger partial charge < -0.3 is 24.8 Å². The number of methoxy groups -OCH3 is 1. The number of benzene rings is 1. The summed E-state index contributed by atoms with van der Waals surface area (Å²) in [6.45, 7) is 1.49. The zero-order chi connectivity index (χ0) is 23.7. The van der Waals surface area contributed by atoms with Gasteiger partial charge in [0.25, 0.3) is 0 Å². The Labute approximate surface area is 205 Å². The van der Waals surface area contributed by atoms with Crippen molar-refractivity contribution in [3.63, 3.8) is 0 Å². The summed E-state index contributed by atoms with van der Waals surface area (Å²) in [5, 5.41) is 7.03. The molecule has 2 aromatic heterocycles. The number of carbonyl (C=O) groups is 1. The van der Waals surface area contributed by atoms with Gasteiger partial charge in [0.1, 0.15) is 11.8 Å². The molecule has 176 valence electrons. The zero-order valence-electron chi connectivity index (χ0n) is 19.4. The highest BCUT2D eigenvalue weighted by molar-refractivity contribution is 7.80. The monoisotopic (exact) mass is 475 g/mol. The van der Waals surface area contributed by atoms with E-state index in [0.717, 1.165) is 11.4 Å². The normalized spacial score (nSPS) is 20.4. The summed E-state index contributed by atoms with van der Waals surface area (Å²) in [6.07, 6.45) is 8.91. The molecule has 1 aliphatic carbocycles. The first-order valence-corrected chi connectivity index (χ1v) is 12.1. The molecule has 3 aromatic rings. The molecule has 1 saturated carbocycles. The zero-order valence-corrected chi connectivity index (χ0v) is 20.2. The first-order chi connectivity index (χ1) is 16.6. The van der Waals surface area contributed by atoms with Gasteiger partial charge in [0.15, 0.2) is 5.11 Å². The maximum absolute atomic E-state index is 11.8. The van der Waals surface area contributed by atoms with Crippen molar-refractivity contribution in [2.24, 2.45) is 0 Å². The van der Waals surface area contributed by atoms with Crippen LogP contribution in [0, 0.1) is 0 Å². The van der Waals surface area contributed by atoms with E-state index in [1.165, 1.54) is 38.3 Å². The summed E-state index contributed by atoms with van der Waals surface area (Å²) in [7, 11) is 1.59. The fraction of sp³-hybridized carbons (Fsp3) is 0.346. The van der Waals surface area contributed by atoms with Gasteiger partial charge in [-0.1, -0.05) is 18.9 Å². The van der Waals surface area contributed by atoms with Crippen LogP contribution >= 0.6 is 12.2 Å². The third-order valence-corrected chi connectivity index (χ3v) is 7.02. The quantitative estimate of drug-likeness (QED) is 0.481. The number of amides is 1. The van der Waals surface area contributed by atoms with E-state index in [0.29, 0.717) is 22.6 Å². The highest BCUT2D eigenvalue weighted by Crippen LogP contribution is 2.45. The molecule has 2 N–H and O–H groups in total. The van der Waals surface area contributed by atoms with Crippen LogP contribution in [0.15, 0.2) is 60.9 Å². The summed E-state index contributed by atoms with van der Waals surface area (Å²) < 4.78 is 7.90. The summed E-state index contributed by atoms with van der Waals surface area (Å²) >= 11 is 5.88. The summed E-state index contributed by atoms with van der Waals surface area (Å²) in [6, 6.07) is 16.3. The van der Waals surface area contributed by atoms with Gasteiger partial charge in [0.2, 0.25) is 5.91 Å². The predicted molar refractivity (Wildman–Crippen MR) is 137 cm³/mol. The molecular weight excluding hydrogens is 446 g/mol. The van der Waals surface area contributed by atoms with E-state index in [-0.39, 0.29) is 18.0 Å². The number of hydrogen-bond acceptors (Lipinski definition) is 4. The van der Waals surface area contributed by atoms with E-state index in [2.05, 4.69) is 43.4 Å². The second-order valence-corrected chi connectivity index (χ2v) is 9.23. The predicted octanol–water partition coefficient (Wildman–Crippen LogP) is 5.14. The Kier molecular flexibility index (Phi) is 6.24. The Balaban J connectivity index is 1.62. The number of thiocarbonyl (C=S) groups is 1. The van der Waals surface area contributed by atoms with Crippen LogP contribution in [0.1, 0.15) is 62.1 Å². The van der Waals surface area contributed by atoms with Gasteiger partial charge in [-0.05, 0) is 67.5 Å². The minimum absolute atomic E-state index is 0.100. The topological polar surface area (TPSA) is 71.4 Å². The largest absolute Gasteiger partial charge is 0.495 e. The molecule has 7 nitrogen and oxygen atoms in total. The second kappa shape index (κ2) is 9.46. The van der Waals surface area contributed by atoms with Gasteiger partial charge in [-0.3, -0.25) is 9.78 Å². The third-order valence-electron chi connectivity index (χ3n) is 6.70. The molecule has 0 spiro atoms. The van der Waals surface area contributed by atoms with Gasteiger partial charge in [0.05, 0.1) is 24.5 Å². The molecule has 2 unspecified atom stereocenters. The number of pyridine rings is 1. The summed E-state index contributed by atoms with van der Waals surface area (Å²) in [5.74, 6) is 0.444. The number of rotatable bonds is 6. The molecule has 8 heteroatoms. The lowest BCUT2D eigenvalue weighted by atomic mass is 10.00. The average molecular weight is 476 g/mol. The number of ether oxygens (including phenoxy) is 1. The third kappa shape index (κ3) is 4.14. The lowest BCUT2D eigenvalue weighted by Gasteiger charge is -2.30. The molecule has 2 atom stereocenters. The lowest BCUT2D eigenvalue weighted by molar-refractivity contribution is -0.114. The molecule has 2 aliphatic rings. The van der Waals surface area contributed by atoms with Crippen molar-refractivity contribution in [3.8, 4) is 5.75 Å². The van der Waals surface area contributed by atoms with Crippen LogP contribution in [0.25, 0.3) is 0 Å². The van der Waals surface area contributed by atoms with Crippen molar-refractivity contribution in [3.05, 3.63) is 72.3 Å².